The molecule has 1 saturated heterocycles. The number of nitrogens with one attached hydrogen (secondary N) is 1. The maximum Gasteiger partial charge on any atom is 0.306 e. The average Bonchev–Trinajstić information content (AvgIpc) is 2.93. The van der Waals surface area contributed by atoms with Crippen molar-refractivity contribution in [2.24, 2.45) is 17.8 Å². The van der Waals surface area contributed by atoms with Gasteiger partial charge in [-0.1, -0.05) is 0 Å². The molecule has 106 valence electrons. The van der Waals surface area contributed by atoms with Gasteiger partial charge in [0.05, 0.1) is 18.1 Å². The normalized spacial score (nSPS) is 38.3. The van der Waals surface area contributed by atoms with Crippen molar-refractivity contribution in [3.63, 3.8) is 0 Å². The fourth-order valence-electron chi connectivity index (χ4n) is 3.40. The van der Waals surface area contributed by atoms with Crippen LogP contribution in [0.2, 0.25) is 0 Å². The van der Waals surface area contributed by atoms with Crippen molar-refractivity contribution in [1.82, 2.24) is 5.32 Å². The lowest BCUT2D eigenvalue weighted by Crippen LogP contribution is -2.43. The summed E-state index contributed by atoms with van der Waals surface area (Å²) in [6, 6.07) is 0.142. The van der Waals surface area contributed by atoms with Crippen LogP contribution in [-0.4, -0.2) is 35.7 Å². The standard InChI is InChI=1S/C14H21NO4/c16-13(9-3-4-10(7-9)14(17)18)15-11-5-6-19-12(11)8-1-2-8/h8-12H,1-7H2,(H,15,16)(H,17,18). The van der Waals surface area contributed by atoms with E-state index < -0.39 is 5.97 Å². The first kappa shape index (κ1) is 12.9. The highest BCUT2D eigenvalue weighted by molar-refractivity contribution is 5.81. The summed E-state index contributed by atoms with van der Waals surface area (Å²) in [5.74, 6) is -0.570. The quantitative estimate of drug-likeness (QED) is 0.801. The molecule has 0 aromatic carbocycles. The molecule has 2 aliphatic carbocycles. The van der Waals surface area contributed by atoms with Gasteiger partial charge in [-0.05, 0) is 44.4 Å². The van der Waals surface area contributed by atoms with Gasteiger partial charge in [0.2, 0.25) is 5.91 Å². The highest BCUT2D eigenvalue weighted by atomic mass is 16.5. The number of hydrogen-bond donors (Lipinski definition) is 2. The zero-order chi connectivity index (χ0) is 13.4. The van der Waals surface area contributed by atoms with E-state index in [-0.39, 0.29) is 29.9 Å². The topological polar surface area (TPSA) is 75.6 Å². The largest absolute Gasteiger partial charge is 0.481 e. The lowest BCUT2D eigenvalue weighted by Gasteiger charge is -2.21. The monoisotopic (exact) mass is 267 g/mol. The van der Waals surface area contributed by atoms with Crippen LogP contribution < -0.4 is 5.32 Å². The van der Waals surface area contributed by atoms with Crippen molar-refractivity contribution >= 4 is 11.9 Å². The van der Waals surface area contributed by atoms with E-state index in [2.05, 4.69) is 5.32 Å². The minimum Gasteiger partial charge on any atom is -0.481 e. The van der Waals surface area contributed by atoms with Gasteiger partial charge in [-0.3, -0.25) is 9.59 Å². The number of carbonyl (C=O) groups is 2. The average molecular weight is 267 g/mol. The zero-order valence-electron chi connectivity index (χ0n) is 11.0. The molecule has 3 rings (SSSR count). The number of ether oxygens (including phenoxy) is 1. The Labute approximate surface area is 112 Å². The molecule has 0 spiro atoms. The summed E-state index contributed by atoms with van der Waals surface area (Å²) in [5.41, 5.74) is 0. The van der Waals surface area contributed by atoms with Crippen LogP contribution in [0.15, 0.2) is 0 Å². The SMILES string of the molecule is O=C(O)C1CCC(C(=O)NC2CCOC2C2CC2)C1. The first-order valence-corrected chi connectivity index (χ1v) is 7.30. The maximum absolute atomic E-state index is 12.2. The summed E-state index contributed by atoms with van der Waals surface area (Å²) in [4.78, 5) is 23.1. The summed E-state index contributed by atoms with van der Waals surface area (Å²) in [7, 11) is 0. The molecule has 4 unspecified atom stereocenters. The van der Waals surface area contributed by atoms with E-state index in [0.29, 0.717) is 25.2 Å². The molecule has 1 aliphatic heterocycles. The molecule has 1 heterocycles. The summed E-state index contributed by atoms with van der Waals surface area (Å²) >= 11 is 0. The Morgan fingerprint density at radius 1 is 1.05 bits per heavy atom. The van der Waals surface area contributed by atoms with Crippen molar-refractivity contribution < 1.29 is 19.4 Å². The molecule has 0 radical (unpaired) electrons. The molecule has 2 N–H and O–H groups in total. The van der Waals surface area contributed by atoms with Gasteiger partial charge in [-0.15, -0.1) is 0 Å². The Kier molecular flexibility index (Phi) is 3.48. The Morgan fingerprint density at radius 2 is 1.79 bits per heavy atom. The molecule has 0 bridgehead atoms. The molecule has 1 amide bonds. The van der Waals surface area contributed by atoms with Crippen LogP contribution in [0.25, 0.3) is 0 Å². The number of carboxylic acids is 1. The van der Waals surface area contributed by atoms with E-state index in [1.807, 2.05) is 0 Å². The molecule has 0 aromatic rings. The third-order valence-electron chi connectivity index (χ3n) is 4.70. The van der Waals surface area contributed by atoms with Crippen molar-refractivity contribution in [3.05, 3.63) is 0 Å². The first-order valence-electron chi connectivity index (χ1n) is 7.30. The van der Waals surface area contributed by atoms with Crippen LogP contribution >= 0.6 is 0 Å². The fourth-order valence-corrected chi connectivity index (χ4v) is 3.40. The minimum atomic E-state index is -0.768. The molecule has 3 aliphatic rings. The highest BCUT2D eigenvalue weighted by Crippen LogP contribution is 2.39. The molecule has 5 nitrogen and oxygen atoms in total. The van der Waals surface area contributed by atoms with E-state index in [0.717, 1.165) is 13.0 Å². The van der Waals surface area contributed by atoms with Crippen LogP contribution in [0, 0.1) is 17.8 Å². The molecule has 5 heteroatoms. The summed E-state index contributed by atoms with van der Waals surface area (Å²) in [6.07, 6.45) is 5.32. The van der Waals surface area contributed by atoms with E-state index in [9.17, 15) is 9.59 Å². The Balaban J connectivity index is 1.52. The number of aliphatic carboxylic acids is 1. The van der Waals surface area contributed by atoms with Gasteiger partial charge in [0, 0.05) is 12.5 Å². The summed E-state index contributed by atoms with van der Waals surface area (Å²) in [5, 5.41) is 12.1. The molecular formula is C14H21NO4. The van der Waals surface area contributed by atoms with Crippen molar-refractivity contribution in [1.29, 1.82) is 0 Å². The second-order valence-electron chi connectivity index (χ2n) is 6.12. The van der Waals surface area contributed by atoms with E-state index in [4.69, 9.17) is 9.84 Å². The molecule has 0 aromatic heterocycles. The van der Waals surface area contributed by atoms with E-state index in [1.54, 1.807) is 0 Å². The third-order valence-corrected chi connectivity index (χ3v) is 4.70. The van der Waals surface area contributed by atoms with Crippen LogP contribution in [0.4, 0.5) is 0 Å². The van der Waals surface area contributed by atoms with Crippen molar-refractivity contribution in [2.45, 2.75) is 50.7 Å². The van der Waals surface area contributed by atoms with Crippen LogP contribution in [-0.2, 0) is 14.3 Å². The number of hydrogen-bond acceptors (Lipinski definition) is 3. The predicted molar refractivity (Wildman–Crippen MR) is 67.5 cm³/mol. The van der Waals surface area contributed by atoms with E-state index in [1.165, 1.54) is 12.8 Å². The van der Waals surface area contributed by atoms with Crippen molar-refractivity contribution in [2.75, 3.05) is 6.61 Å². The van der Waals surface area contributed by atoms with Crippen LogP contribution in [0.3, 0.4) is 0 Å². The second-order valence-corrected chi connectivity index (χ2v) is 6.12. The molecule has 19 heavy (non-hydrogen) atoms. The van der Waals surface area contributed by atoms with Crippen LogP contribution in [0.1, 0.15) is 38.5 Å². The van der Waals surface area contributed by atoms with Gasteiger partial charge in [0.25, 0.3) is 0 Å². The number of amides is 1. The zero-order valence-corrected chi connectivity index (χ0v) is 11.0. The van der Waals surface area contributed by atoms with Gasteiger partial charge in [0.15, 0.2) is 0 Å². The van der Waals surface area contributed by atoms with Gasteiger partial charge in [-0.25, -0.2) is 0 Å². The molecular weight excluding hydrogens is 246 g/mol. The smallest absolute Gasteiger partial charge is 0.306 e. The Bertz CT molecular complexity index is 380. The summed E-state index contributed by atoms with van der Waals surface area (Å²) < 4.78 is 5.70. The number of carboxylic acid groups (broad SMARTS) is 1. The Morgan fingerprint density at radius 3 is 2.42 bits per heavy atom. The predicted octanol–water partition coefficient (Wildman–Crippen LogP) is 1.17. The van der Waals surface area contributed by atoms with Gasteiger partial charge < -0.3 is 15.2 Å². The third kappa shape index (κ3) is 2.76. The van der Waals surface area contributed by atoms with E-state index >= 15 is 0 Å². The minimum absolute atomic E-state index is 0.0323. The highest BCUT2D eigenvalue weighted by Gasteiger charge is 2.42. The van der Waals surface area contributed by atoms with Crippen LogP contribution in [0.5, 0.6) is 0 Å². The molecule has 4 atom stereocenters. The molecule has 2 saturated carbocycles. The lowest BCUT2D eigenvalue weighted by molar-refractivity contribution is -0.141. The van der Waals surface area contributed by atoms with Crippen molar-refractivity contribution in [3.8, 4) is 0 Å². The fraction of sp³-hybridized carbons (Fsp3) is 0.857. The Hall–Kier alpha value is -1.10. The second kappa shape index (κ2) is 5.12. The maximum atomic E-state index is 12.2. The van der Waals surface area contributed by atoms with Gasteiger partial charge in [0.1, 0.15) is 0 Å². The first-order chi connectivity index (χ1) is 9.15. The lowest BCUT2D eigenvalue weighted by atomic mass is 10.0. The van der Waals surface area contributed by atoms with Gasteiger partial charge in [-0.2, -0.15) is 0 Å². The number of rotatable bonds is 4. The molecule has 3 fully saturated rings. The van der Waals surface area contributed by atoms with Gasteiger partial charge >= 0.3 is 5.97 Å². The number of carbonyl (C=O) groups excluding carboxylic acids is 1. The summed E-state index contributed by atoms with van der Waals surface area (Å²) in [6.45, 7) is 0.731.